The molecule has 6 nitrogen and oxygen atoms in total. The highest BCUT2D eigenvalue weighted by atomic mass is 35.5. The summed E-state index contributed by atoms with van der Waals surface area (Å²) in [5.74, 6) is 1.04. The third-order valence-corrected chi connectivity index (χ3v) is 4.38. The van der Waals surface area contributed by atoms with Gasteiger partial charge < -0.3 is 15.2 Å². The number of aromatic nitrogens is 2. The van der Waals surface area contributed by atoms with E-state index in [1.807, 2.05) is 50.2 Å². The number of nitrogens with one attached hydrogen (secondary N) is 2. The number of halogens is 1. The van der Waals surface area contributed by atoms with E-state index in [4.69, 9.17) is 16.1 Å². The summed E-state index contributed by atoms with van der Waals surface area (Å²) in [5.41, 5.74) is 2.56. The molecule has 0 saturated heterocycles. The van der Waals surface area contributed by atoms with Crippen LogP contribution in [-0.2, 0) is 6.42 Å². The molecule has 0 saturated carbocycles. The number of rotatable bonds is 6. The van der Waals surface area contributed by atoms with Crippen LogP contribution in [0.25, 0.3) is 11.4 Å². The molecular formula is C20H21ClN4O2. The number of urea groups is 1. The minimum atomic E-state index is -0.220. The molecule has 140 valence electrons. The van der Waals surface area contributed by atoms with Crippen LogP contribution in [0.2, 0.25) is 5.02 Å². The lowest BCUT2D eigenvalue weighted by molar-refractivity contribution is 0.249. The van der Waals surface area contributed by atoms with Crippen molar-refractivity contribution in [2.24, 2.45) is 0 Å². The molecule has 2 N–H and O–H groups in total. The van der Waals surface area contributed by atoms with Gasteiger partial charge in [-0.15, -0.1) is 0 Å². The molecule has 0 radical (unpaired) electrons. The van der Waals surface area contributed by atoms with E-state index in [1.165, 1.54) is 0 Å². The highest BCUT2D eigenvalue weighted by molar-refractivity contribution is 6.30. The predicted octanol–water partition coefficient (Wildman–Crippen LogP) is 4.90. The molecule has 3 rings (SSSR count). The molecule has 2 aromatic carbocycles. The Morgan fingerprint density at radius 1 is 1.15 bits per heavy atom. The zero-order valence-electron chi connectivity index (χ0n) is 15.2. The number of anilines is 1. The van der Waals surface area contributed by atoms with Crippen LogP contribution in [-0.4, -0.2) is 22.2 Å². The monoisotopic (exact) mass is 384 g/mol. The van der Waals surface area contributed by atoms with Gasteiger partial charge >= 0.3 is 6.03 Å². The van der Waals surface area contributed by atoms with Crippen LogP contribution in [0.1, 0.15) is 31.7 Å². The van der Waals surface area contributed by atoms with Crippen molar-refractivity contribution in [3.8, 4) is 11.4 Å². The normalized spacial score (nSPS) is 11.8. The van der Waals surface area contributed by atoms with Gasteiger partial charge in [0.2, 0.25) is 11.7 Å². The van der Waals surface area contributed by atoms with Gasteiger partial charge in [0.1, 0.15) is 0 Å². The van der Waals surface area contributed by atoms with Crippen LogP contribution in [0, 0.1) is 0 Å². The van der Waals surface area contributed by atoms with Gasteiger partial charge in [0.05, 0.1) is 6.42 Å². The first-order chi connectivity index (χ1) is 13.0. The number of carbonyl (C=O) groups excluding carboxylic acids is 1. The number of benzene rings is 2. The van der Waals surface area contributed by atoms with E-state index >= 15 is 0 Å². The van der Waals surface area contributed by atoms with E-state index in [2.05, 4.69) is 20.8 Å². The molecule has 3 aromatic rings. The lowest BCUT2D eigenvalue weighted by atomic mass is 10.1. The van der Waals surface area contributed by atoms with Crippen LogP contribution in [0.3, 0.4) is 0 Å². The first-order valence-corrected chi connectivity index (χ1v) is 9.16. The Morgan fingerprint density at radius 3 is 2.52 bits per heavy atom. The third kappa shape index (κ3) is 5.31. The largest absolute Gasteiger partial charge is 0.339 e. The fourth-order valence-electron chi connectivity index (χ4n) is 2.42. The second kappa shape index (κ2) is 8.68. The fourth-order valence-corrected chi connectivity index (χ4v) is 2.54. The molecular weight excluding hydrogens is 364 g/mol. The van der Waals surface area contributed by atoms with Crippen molar-refractivity contribution >= 4 is 23.3 Å². The highest BCUT2D eigenvalue weighted by Gasteiger charge is 2.10. The number of amides is 2. The Morgan fingerprint density at radius 2 is 1.85 bits per heavy atom. The SMILES string of the molecule is CC[C@@H](C)NC(=O)Nc1ccc(-c2noc(Cc3ccc(Cl)cc3)n2)cc1. The summed E-state index contributed by atoms with van der Waals surface area (Å²) in [6, 6.07) is 14.7. The van der Waals surface area contributed by atoms with Crippen molar-refractivity contribution in [1.29, 1.82) is 0 Å². The molecule has 2 amide bonds. The third-order valence-electron chi connectivity index (χ3n) is 4.13. The average Bonchev–Trinajstić information content (AvgIpc) is 3.12. The molecule has 0 bridgehead atoms. The van der Waals surface area contributed by atoms with Crippen LogP contribution in [0.5, 0.6) is 0 Å². The second-order valence-electron chi connectivity index (χ2n) is 6.30. The molecule has 27 heavy (non-hydrogen) atoms. The number of carbonyl (C=O) groups is 1. The lowest BCUT2D eigenvalue weighted by Crippen LogP contribution is -2.35. The Labute approximate surface area is 162 Å². The lowest BCUT2D eigenvalue weighted by Gasteiger charge is -2.12. The first kappa shape index (κ1) is 18.9. The van der Waals surface area contributed by atoms with Crippen LogP contribution in [0.4, 0.5) is 10.5 Å². The van der Waals surface area contributed by atoms with Crippen molar-refractivity contribution < 1.29 is 9.32 Å². The molecule has 0 aliphatic rings. The van der Waals surface area contributed by atoms with Gasteiger partial charge in [-0.05, 0) is 55.3 Å². The molecule has 7 heteroatoms. The molecule has 0 unspecified atom stereocenters. The summed E-state index contributed by atoms with van der Waals surface area (Å²) >= 11 is 5.89. The summed E-state index contributed by atoms with van der Waals surface area (Å²) in [6.07, 6.45) is 1.42. The smallest absolute Gasteiger partial charge is 0.319 e. The molecule has 1 aromatic heterocycles. The van der Waals surface area contributed by atoms with Gasteiger partial charge in [-0.25, -0.2) is 4.79 Å². The zero-order valence-corrected chi connectivity index (χ0v) is 16.0. The second-order valence-corrected chi connectivity index (χ2v) is 6.74. The minimum Gasteiger partial charge on any atom is -0.339 e. The zero-order chi connectivity index (χ0) is 19.2. The maximum absolute atomic E-state index is 11.9. The molecule has 0 spiro atoms. The molecule has 1 atom stereocenters. The Bertz CT molecular complexity index is 891. The van der Waals surface area contributed by atoms with E-state index in [-0.39, 0.29) is 12.1 Å². The quantitative estimate of drug-likeness (QED) is 0.633. The summed E-state index contributed by atoms with van der Waals surface area (Å²) in [4.78, 5) is 16.3. The summed E-state index contributed by atoms with van der Waals surface area (Å²) in [7, 11) is 0. The Balaban J connectivity index is 1.63. The van der Waals surface area contributed by atoms with Gasteiger partial charge in [-0.2, -0.15) is 4.98 Å². The number of hydrogen-bond donors (Lipinski definition) is 2. The Kier molecular flexibility index (Phi) is 6.08. The van der Waals surface area contributed by atoms with E-state index in [9.17, 15) is 4.79 Å². The van der Waals surface area contributed by atoms with Crippen molar-refractivity contribution in [3.05, 3.63) is 65.0 Å². The molecule has 1 heterocycles. The van der Waals surface area contributed by atoms with Gasteiger partial charge in [-0.3, -0.25) is 0 Å². The van der Waals surface area contributed by atoms with E-state index in [1.54, 1.807) is 12.1 Å². The minimum absolute atomic E-state index is 0.127. The van der Waals surface area contributed by atoms with Crippen LogP contribution >= 0.6 is 11.6 Å². The van der Waals surface area contributed by atoms with E-state index in [0.29, 0.717) is 28.8 Å². The average molecular weight is 385 g/mol. The molecule has 0 fully saturated rings. The van der Waals surface area contributed by atoms with Crippen molar-refractivity contribution in [2.75, 3.05) is 5.32 Å². The summed E-state index contributed by atoms with van der Waals surface area (Å²) in [6.45, 7) is 3.98. The topological polar surface area (TPSA) is 80.0 Å². The number of nitrogens with zero attached hydrogens (tertiary/aromatic N) is 2. The highest BCUT2D eigenvalue weighted by Crippen LogP contribution is 2.20. The maximum atomic E-state index is 11.9. The van der Waals surface area contributed by atoms with Crippen LogP contribution < -0.4 is 10.6 Å². The molecule has 0 aliphatic heterocycles. The maximum Gasteiger partial charge on any atom is 0.319 e. The Hall–Kier alpha value is -2.86. The van der Waals surface area contributed by atoms with Crippen molar-refractivity contribution in [1.82, 2.24) is 15.5 Å². The van der Waals surface area contributed by atoms with E-state index < -0.39 is 0 Å². The van der Waals surface area contributed by atoms with Gasteiger partial charge in [0.15, 0.2) is 0 Å². The summed E-state index contributed by atoms with van der Waals surface area (Å²) in [5, 5.41) is 10.4. The predicted molar refractivity (Wildman–Crippen MR) is 106 cm³/mol. The van der Waals surface area contributed by atoms with Crippen molar-refractivity contribution in [2.45, 2.75) is 32.7 Å². The van der Waals surface area contributed by atoms with Gasteiger partial charge in [-0.1, -0.05) is 35.8 Å². The summed E-state index contributed by atoms with van der Waals surface area (Å²) < 4.78 is 5.33. The fraction of sp³-hybridized carbons (Fsp3) is 0.250. The molecule has 0 aliphatic carbocycles. The van der Waals surface area contributed by atoms with Gasteiger partial charge in [0.25, 0.3) is 0 Å². The number of hydrogen-bond acceptors (Lipinski definition) is 4. The first-order valence-electron chi connectivity index (χ1n) is 8.78. The van der Waals surface area contributed by atoms with Crippen molar-refractivity contribution in [3.63, 3.8) is 0 Å². The van der Waals surface area contributed by atoms with Gasteiger partial charge in [0, 0.05) is 22.3 Å². The van der Waals surface area contributed by atoms with E-state index in [0.717, 1.165) is 17.5 Å². The standard InChI is InChI=1S/C20H21ClN4O2/c1-3-13(2)22-20(26)23-17-10-6-15(7-11-17)19-24-18(27-25-19)12-14-4-8-16(21)9-5-14/h4-11,13H,3,12H2,1-2H3,(H2,22,23,26)/t13-/m1/s1. The van der Waals surface area contributed by atoms with Crippen LogP contribution in [0.15, 0.2) is 53.1 Å².